The lowest BCUT2D eigenvalue weighted by Crippen LogP contribution is -2.43. The highest BCUT2D eigenvalue weighted by molar-refractivity contribution is 5.78. The Labute approximate surface area is 127 Å². The first-order valence-corrected chi connectivity index (χ1v) is 7.03. The minimum Gasteiger partial charge on any atom is -0.493 e. The summed E-state index contributed by atoms with van der Waals surface area (Å²) < 4.78 is 10.5. The van der Waals surface area contributed by atoms with Crippen LogP contribution in [0.25, 0.3) is 0 Å². The van der Waals surface area contributed by atoms with Crippen LogP contribution in [0.3, 0.4) is 0 Å². The number of ether oxygens (including phenoxy) is 2. The molecule has 0 bridgehead atoms. The van der Waals surface area contributed by atoms with Gasteiger partial charge < -0.3 is 20.1 Å². The number of benzene rings is 1. The molecule has 0 spiro atoms. The molecule has 1 atom stereocenters. The Morgan fingerprint density at radius 2 is 1.81 bits per heavy atom. The van der Waals surface area contributed by atoms with Crippen molar-refractivity contribution in [1.29, 1.82) is 0 Å². The van der Waals surface area contributed by atoms with Gasteiger partial charge in [-0.25, -0.2) is 0 Å². The van der Waals surface area contributed by atoms with Crippen molar-refractivity contribution in [2.75, 3.05) is 20.8 Å². The fraction of sp³-hybridized carbons (Fsp3) is 0.562. The van der Waals surface area contributed by atoms with Gasteiger partial charge in [-0.15, -0.1) is 0 Å². The van der Waals surface area contributed by atoms with E-state index in [2.05, 4.69) is 10.6 Å². The molecule has 0 aliphatic rings. The molecule has 0 aromatic heterocycles. The molecule has 0 saturated carbocycles. The molecule has 0 aliphatic heterocycles. The Hall–Kier alpha value is -1.75. The molecule has 5 nitrogen and oxygen atoms in total. The Bertz CT molecular complexity index is 481. The maximum atomic E-state index is 11.9. The standard InChI is InChI=1S/C16H26N2O3/c1-11(18-15(19)10-17-16(2,3)4)12-7-8-13(20-5)14(9-12)21-6/h7-9,11,17H,10H2,1-6H3,(H,18,19). The van der Waals surface area contributed by atoms with Crippen molar-refractivity contribution in [1.82, 2.24) is 10.6 Å². The van der Waals surface area contributed by atoms with E-state index in [4.69, 9.17) is 9.47 Å². The van der Waals surface area contributed by atoms with E-state index in [1.54, 1.807) is 14.2 Å². The van der Waals surface area contributed by atoms with Crippen molar-refractivity contribution in [3.63, 3.8) is 0 Å². The molecule has 0 fully saturated rings. The van der Waals surface area contributed by atoms with E-state index >= 15 is 0 Å². The zero-order valence-electron chi connectivity index (χ0n) is 13.7. The summed E-state index contributed by atoms with van der Waals surface area (Å²) in [5.74, 6) is 1.30. The van der Waals surface area contributed by atoms with E-state index in [-0.39, 0.29) is 17.5 Å². The van der Waals surface area contributed by atoms with Crippen LogP contribution in [0.2, 0.25) is 0 Å². The SMILES string of the molecule is COc1ccc(C(C)NC(=O)CNC(C)(C)C)cc1OC. The molecule has 1 aromatic carbocycles. The van der Waals surface area contributed by atoms with Crippen molar-refractivity contribution in [3.8, 4) is 11.5 Å². The van der Waals surface area contributed by atoms with Crippen LogP contribution in [0.15, 0.2) is 18.2 Å². The molecule has 1 amide bonds. The summed E-state index contributed by atoms with van der Waals surface area (Å²) in [5.41, 5.74) is 0.890. The minimum atomic E-state index is -0.0981. The van der Waals surface area contributed by atoms with Gasteiger partial charge in [0.15, 0.2) is 11.5 Å². The van der Waals surface area contributed by atoms with E-state index < -0.39 is 0 Å². The minimum absolute atomic E-state index is 0.0350. The molecule has 21 heavy (non-hydrogen) atoms. The summed E-state index contributed by atoms with van der Waals surface area (Å²) in [7, 11) is 3.19. The molecule has 5 heteroatoms. The van der Waals surface area contributed by atoms with Gasteiger partial charge in [-0.3, -0.25) is 4.79 Å². The van der Waals surface area contributed by atoms with Gasteiger partial charge in [0.25, 0.3) is 0 Å². The van der Waals surface area contributed by atoms with Gasteiger partial charge in [0.05, 0.1) is 26.8 Å². The molecule has 1 rings (SSSR count). The lowest BCUT2D eigenvalue weighted by molar-refractivity contribution is -0.121. The number of carbonyl (C=O) groups excluding carboxylic acids is 1. The maximum absolute atomic E-state index is 11.9. The average Bonchev–Trinajstić information content (AvgIpc) is 2.43. The van der Waals surface area contributed by atoms with Crippen LogP contribution < -0.4 is 20.1 Å². The first-order valence-electron chi connectivity index (χ1n) is 7.03. The van der Waals surface area contributed by atoms with Crippen LogP contribution in [0, 0.1) is 0 Å². The van der Waals surface area contributed by atoms with E-state index in [9.17, 15) is 4.79 Å². The molecule has 0 aliphatic carbocycles. The average molecular weight is 294 g/mol. The number of nitrogens with one attached hydrogen (secondary N) is 2. The number of hydrogen-bond donors (Lipinski definition) is 2. The summed E-state index contributed by atoms with van der Waals surface area (Å²) in [4.78, 5) is 11.9. The van der Waals surface area contributed by atoms with Gasteiger partial charge in [-0.2, -0.15) is 0 Å². The van der Waals surface area contributed by atoms with Gasteiger partial charge in [0.1, 0.15) is 0 Å². The smallest absolute Gasteiger partial charge is 0.234 e. The van der Waals surface area contributed by atoms with Crippen molar-refractivity contribution >= 4 is 5.91 Å². The Morgan fingerprint density at radius 3 is 2.33 bits per heavy atom. The van der Waals surface area contributed by atoms with E-state index in [0.717, 1.165) is 5.56 Å². The predicted octanol–water partition coefficient (Wildman–Crippen LogP) is 2.27. The highest BCUT2D eigenvalue weighted by atomic mass is 16.5. The second-order valence-corrected chi connectivity index (χ2v) is 6.01. The lowest BCUT2D eigenvalue weighted by Gasteiger charge is -2.21. The van der Waals surface area contributed by atoms with Crippen molar-refractivity contribution in [2.24, 2.45) is 0 Å². The zero-order chi connectivity index (χ0) is 16.0. The Balaban J connectivity index is 2.67. The quantitative estimate of drug-likeness (QED) is 0.845. The number of amides is 1. The van der Waals surface area contributed by atoms with Crippen LogP contribution >= 0.6 is 0 Å². The Kier molecular flexibility index (Phi) is 6.03. The van der Waals surface area contributed by atoms with Gasteiger partial charge in [0.2, 0.25) is 5.91 Å². The fourth-order valence-electron chi connectivity index (χ4n) is 1.84. The topological polar surface area (TPSA) is 59.6 Å². The summed E-state index contributed by atoms with van der Waals surface area (Å²) in [6, 6.07) is 5.54. The summed E-state index contributed by atoms with van der Waals surface area (Å²) >= 11 is 0. The van der Waals surface area contributed by atoms with Gasteiger partial charge >= 0.3 is 0 Å². The highest BCUT2D eigenvalue weighted by Crippen LogP contribution is 2.29. The second-order valence-electron chi connectivity index (χ2n) is 6.01. The van der Waals surface area contributed by atoms with Gasteiger partial charge in [0, 0.05) is 5.54 Å². The number of hydrogen-bond acceptors (Lipinski definition) is 4. The maximum Gasteiger partial charge on any atom is 0.234 e. The molecule has 0 saturated heterocycles. The molecule has 0 heterocycles. The first-order chi connectivity index (χ1) is 9.76. The lowest BCUT2D eigenvalue weighted by atomic mass is 10.1. The molecule has 1 unspecified atom stereocenters. The Morgan fingerprint density at radius 1 is 1.19 bits per heavy atom. The van der Waals surface area contributed by atoms with Crippen LogP contribution in [-0.2, 0) is 4.79 Å². The predicted molar refractivity (Wildman–Crippen MR) is 83.9 cm³/mol. The van der Waals surface area contributed by atoms with Crippen molar-refractivity contribution in [2.45, 2.75) is 39.3 Å². The molecular weight excluding hydrogens is 268 g/mol. The second kappa shape index (κ2) is 7.31. The fourth-order valence-corrected chi connectivity index (χ4v) is 1.84. The first kappa shape index (κ1) is 17.3. The van der Waals surface area contributed by atoms with Crippen LogP contribution in [0.5, 0.6) is 11.5 Å². The van der Waals surface area contributed by atoms with Gasteiger partial charge in [-0.1, -0.05) is 6.07 Å². The number of methoxy groups -OCH3 is 2. The number of carbonyl (C=O) groups is 1. The van der Waals surface area contributed by atoms with Crippen molar-refractivity contribution in [3.05, 3.63) is 23.8 Å². The summed E-state index contributed by atoms with van der Waals surface area (Å²) in [5, 5.41) is 6.12. The van der Waals surface area contributed by atoms with Crippen molar-refractivity contribution < 1.29 is 14.3 Å². The summed E-state index contributed by atoms with van der Waals surface area (Å²) in [6.45, 7) is 8.31. The third-order valence-electron chi connectivity index (χ3n) is 3.06. The van der Waals surface area contributed by atoms with Crippen LogP contribution in [0.4, 0.5) is 0 Å². The third kappa shape index (κ3) is 5.63. The molecule has 1 aromatic rings. The summed E-state index contributed by atoms with van der Waals surface area (Å²) in [6.07, 6.45) is 0. The largest absolute Gasteiger partial charge is 0.493 e. The molecular formula is C16H26N2O3. The third-order valence-corrected chi connectivity index (χ3v) is 3.06. The van der Waals surface area contributed by atoms with E-state index in [0.29, 0.717) is 18.0 Å². The normalized spacial score (nSPS) is 12.7. The van der Waals surface area contributed by atoms with Crippen LogP contribution in [-0.4, -0.2) is 32.2 Å². The molecule has 2 N–H and O–H groups in total. The molecule has 0 radical (unpaired) electrons. The highest BCUT2D eigenvalue weighted by Gasteiger charge is 2.15. The number of rotatable bonds is 6. The zero-order valence-corrected chi connectivity index (χ0v) is 13.7. The van der Waals surface area contributed by atoms with Crippen LogP contribution in [0.1, 0.15) is 39.3 Å². The molecule has 118 valence electrons. The van der Waals surface area contributed by atoms with E-state index in [1.165, 1.54) is 0 Å². The monoisotopic (exact) mass is 294 g/mol. The van der Waals surface area contributed by atoms with Gasteiger partial charge in [-0.05, 0) is 45.4 Å². The van der Waals surface area contributed by atoms with E-state index in [1.807, 2.05) is 45.9 Å².